The van der Waals surface area contributed by atoms with Crippen LogP contribution < -0.4 is 5.32 Å². The first-order chi connectivity index (χ1) is 14.3. The molecule has 9 heteroatoms. The molecule has 150 valence electrons. The minimum absolute atomic E-state index is 0.0630. The zero-order valence-corrected chi connectivity index (χ0v) is 15.3. The van der Waals surface area contributed by atoms with Gasteiger partial charge >= 0.3 is 6.18 Å². The van der Waals surface area contributed by atoms with E-state index in [0.29, 0.717) is 16.8 Å². The van der Waals surface area contributed by atoms with Gasteiger partial charge in [-0.05, 0) is 48.5 Å². The predicted molar refractivity (Wildman–Crippen MR) is 102 cm³/mol. The molecule has 2 heterocycles. The molecule has 2 aromatic carbocycles. The number of carbonyl (C=O) groups is 1. The molecule has 0 atom stereocenters. The lowest BCUT2D eigenvalue weighted by molar-refractivity contribution is -0.137. The fraction of sp³-hybridized carbons (Fsp3) is 0.0952. The Balaban J connectivity index is 1.76. The number of hydrogen-bond acceptors (Lipinski definition) is 4. The Kier molecular flexibility index (Phi) is 4.75. The molecule has 0 unspecified atom stereocenters. The number of nitriles is 1. The largest absolute Gasteiger partial charge is 0.467 e. The summed E-state index contributed by atoms with van der Waals surface area (Å²) in [4.78, 5) is 16.9. The van der Waals surface area contributed by atoms with E-state index >= 15 is 0 Å². The van der Waals surface area contributed by atoms with E-state index in [2.05, 4.69) is 10.3 Å². The molecule has 0 aliphatic heterocycles. The van der Waals surface area contributed by atoms with Crippen molar-refractivity contribution in [3.8, 4) is 6.07 Å². The molecule has 0 saturated heterocycles. The Morgan fingerprint density at radius 1 is 1.17 bits per heavy atom. The highest BCUT2D eigenvalue weighted by Gasteiger charge is 2.31. The van der Waals surface area contributed by atoms with Gasteiger partial charge in [-0.3, -0.25) is 10.1 Å². The van der Waals surface area contributed by atoms with Crippen LogP contribution in [0.4, 0.5) is 19.1 Å². The highest BCUT2D eigenvalue weighted by atomic mass is 19.4. The van der Waals surface area contributed by atoms with Gasteiger partial charge in [-0.2, -0.15) is 18.4 Å². The first kappa shape index (κ1) is 19.3. The molecule has 0 bridgehead atoms. The molecule has 30 heavy (non-hydrogen) atoms. The van der Waals surface area contributed by atoms with Crippen molar-refractivity contribution in [3.05, 3.63) is 83.3 Å². The molecule has 1 N–H and O–H groups in total. The van der Waals surface area contributed by atoms with Gasteiger partial charge in [0.05, 0.1) is 41.0 Å². The van der Waals surface area contributed by atoms with E-state index in [4.69, 9.17) is 9.68 Å². The van der Waals surface area contributed by atoms with Crippen molar-refractivity contribution in [2.45, 2.75) is 12.7 Å². The minimum atomic E-state index is -4.51. The first-order valence-electron chi connectivity index (χ1n) is 8.76. The second kappa shape index (κ2) is 7.40. The second-order valence-corrected chi connectivity index (χ2v) is 6.45. The Labute approximate surface area is 168 Å². The fourth-order valence-corrected chi connectivity index (χ4v) is 3.02. The number of hydrogen-bond donors (Lipinski definition) is 1. The molecule has 0 fully saturated rings. The number of benzene rings is 2. The maximum absolute atomic E-state index is 13.1. The summed E-state index contributed by atoms with van der Waals surface area (Å²) in [6, 6.07) is 14.6. The molecule has 1 amide bonds. The van der Waals surface area contributed by atoms with Gasteiger partial charge in [-0.15, -0.1) is 0 Å². The zero-order chi connectivity index (χ0) is 21.3. The number of amides is 1. The molecule has 2 aromatic heterocycles. The maximum Gasteiger partial charge on any atom is 0.416 e. The van der Waals surface area contributed by atoms with Crippen molar-refractivity contribution in [2.75, 3.05) is 5.32 Å². The third kappa shape index (κ3) is 3.75. The number of alkyl halides is 3. The van der Waals surface area contributed by atoms with Crippen LogP contribution in [0.25, 0.3) is 11.0 Å². The molecular formula is C21H13F3N4O2. The Hall–Kier alpha value is -4.06. The van der Waals surface area contributed by atoms with Crippen LogP contribution in [0.1, 0.15) is 27.2 Å². The summed E-state index contributed by atoms with van der Waals surface area (Å²) in [6.07, 6.45) is -3.04. The standard InChI is InChI=1S/C21H13F3N4O2/c22-21(23,24)15-6-7-18-17(10-15)26-20(28(18)12-16-5-2-8-30-16)27-19(29)14-4-1-3-13(9-14)11-25/h1-10H,12H2,(H,26,27,29). The van der Waals surface area contributed by atoms with Crippen LogP contribution in [0, 0.1) is 11.3 Å². The summed E-state index contributed by atoms with van der Waals surface area (Å²) in [6.45, 7) is 0.155. The minimum Gasteiger partial charge on any atom is -0.467 e. The van der Waals surface area contributed by atoms with Gasteiger partial charge in [-0.1, -0.05) is 6.07 Å². The van der Waals surface area contributed by atoms with Crippen molar-refractivity contribution in [2.24, 2.45) is 0 Å². The van der Waals surface area contributed by atoms with Crippen LogP contribution in [-0.4, -0.2) is 15.5 Å². The number of nitrogens with one attached hydrogen (secondary N) is 1. The van der Waals surface area contributed by atoms with Crippen LogP contribution >= 0.6 is 0 Å². The molecule has 4 aromatic rings. The average molecular weight is 410 g/mol. The number of aromatic nitrogens is 2. The van der Waals surface area contributed by atoms with Crippen LogP contribution in [0.2, 0.25) is 0 Å². The van der Waals surface area contributed by atoms with E-state index in [0.717, 1.165) is 12.1 Å². The number of anilines is 1. The number of fused-ring (bicyclic) bond motifs is 1. The predicted octanol–water partition coefficient (Wildman–Crippen LogP) is 4.82. The third-order valence-corrected chi connectivity index (χ3v) is 4.45. The lowest BCUT2D eigenvalue weighted by Crippen LogP contribution is -2.16. The molecule has 0 radical (unpaired) electrons. The second-order valence-electron chi connectivity index (χ2n) is 6.45. The third-order valence-electron chi connectivity index (χ3n) is 4.45. The van der Waals surface area contributed by atoms with Crippen molar-refractivity contribution in [3.63, 3.8) is 0 Å². The van der Waals surface area contributed by atoms with Crippen molar-refractivity contribution < 1.29 is 22.4 Å². The number of rotatable bonds is 4. The normalized spacial score (nSPS) is 11.4. The van der Waals surface area contributed by atoms with Gasteiger partial charge in [0.15, 0.2) is 0 Å². The average Bonchev–Trinajstić information content (AvgIpc) is 3.35. The van der Waals surface area contributed by atoms with Gasteiger partial charge in [0.25, 0.3) is 5.91 Å². The van der Waals surface area contributed by atoms with Gasteiger partial charge in [0, 0.05) is 5.56 Å². The van der Waals surface area contributed by atoms with Crippen LogP contribution in [0.15, 0.2) is 65.3 Å². The summed E-state index contributed by atoms with van der Waals surface area (Å²) >= 11 is 0. The SMILES string of the molecule is N#Cc1cccc(C(=O)Nc2nc3cc(C(F)(F)F)ccc3n2Cc2ccco2)c1. The highest BCUT2D eigenvalue weighted by Crippen LogP contribution is 2.32. The number of halogens is 3. The summed E-state index contributed by atoms with van der Waals surface area (Å²) < 4.78 is 46.1. The zero-order valence-electron chi connectivity index (χ0n) is 15.3. The summed E-state index contributed by atoms with van der Waals surface area (Å²) in [7, 11) is 0. The van der Waals surface area contributed by atoms with Crippen molar-refractivity contribution in [1.82, 2.24) is 9.55 Å². The maximum atomic E-state index is 13.1. The van der Waals surface area contributed by atoms with Crippen LogP contribution in [0.5, 0.6) is 0 Å². The van der Waals surface area contributed by atoms with Gasteiger partial charge < -0.3 is 8.98 Å². The number of nitrogens with zero attached hydrogens (tertiary/aromatic N) is 3. The van der Waals surface area contributed by atoms with Gasteiger partial charge in [-0.25, -0.2) is 4.98 Å². The van der Waals surface area contributed by atoms with Crippen molar-refractivity contribution >= 4 is 22.9 Å². The Morgan fingerprint density at radius 3 is 2.70 bits per heavy atom. The van der Waals surface area contributed by atoms with Crippen molar-refractivity contribution in [1.29, 1.82) is 5.26 Å². The quantitative estimate of drug-likeness (QED) is 0.523. The molecular weight excluding hydrogens is 397 g/mol. The topological polar surface area (TPSA) is 83.9 Å². The lowest BCUT2D eigenvalue weighted by atomic mass is 10.1. The first-order valence-corrected chi connectivity index (χ1v) is 8.76. The summed E-state index contributed by atoms with van der Waals surface area (Å²) in [5, 5.41) is 11.6. The number of imidazole rings is 1. The molecule has 0 spiro atoms. The van der Waals surface area contributed by atoms with E-state index < -0.39 is 17.6 Å². The molecule has 0 aliphatic carbocycles. The molecule has 0 aliphatic rings. The Morgan fingerprint density at radius 2 is 2.00 bits per heavy atom. The molecule has 6 nitrogen and oxygen atoms in total. The Bertz CT molecular complexity index is 1270. The smallest absolute Gasteiger partial charge is 0.416 e. The number of carbonyl (C=O) groups excluding carboxylic acids is 1. The van der Waals surface area contributed by atoms with E-state index in [9.17, 15) is 18.0 Å². The van der Waals surface area contributed by atoms with Crippen LogP contribution in [-0.2, 0) is 12.7 Å². The van der Waals surface area contributed by atoms with E-state index in [1.165, 1.54) is 24.5 Å². The highest BCUT2D eigenvalue weighted by molar-refractivity contribution is 6.04. The van der Waals surface area contributed by atoms with E-state index in [1.54, 1.807) is 28.8 Å². The molecule has 4 rings (SSSR count). The van der Waals surface area contributed by atoms with Gasteiger partial charge in [0.1, 0.15) is 5.76 Å². The van der Waals surface area contributed by atoms with Gasteiger partial charge in [0.2, 0.25) is 5.95 Å². The lowest BCUT2D eigenvalue weighted by Gasteiger charge is -2.09. The molecule has 0 saturated carbocycles. The fourth-order valence-electron chi connectivity index (χ4n) is 3.02. The van der Waals surface area contributed by atoms with E-state index in [1.807, 2.05) is 6.07 Å². The number of furan rings is 1. The van der Waals surface area contributed by atoms with E-state index in [-0.39, 0.29) is 23.6 Å². The van der Waals surface area contributed by atoms with Crippen LogP contribution in [0.3, 0.4) is 0 Å². The summed E-state index contributed by atoms with van der Waals surface area (Å²) in [5.74, 6) is 0.0587. The summed E-state index contributed by atoms with van der Waals surface area (Å²) in [5.41, 5.74) is 0.179. The monoisotopic (exact) mass is 410 g/mol.